The molecule has 0 radical (unpaired) electrons. The highest BCUT2D eigenvalue weighted by Crippen LogP contribution is 2.25. The molecule has 0 atom stereocenters. The Labute approximate surface area is 127 Å². The molecular weight excluding hydrogens is 276 g/mol. The van der Waals surface area contributed by atoms with E-state index in [1.165, 1.54) is 0 Å². The van der Waals surface area contributed by atoms with Gasteiger partial charge in [-0.2, -0.15) is 5.10 Å². The smallest absolute Gasteiger partial charge is 0.166 e. The van der Waals surface area contributed by atoms with Crippen LogP contribution in [0.5, 0.6) is 0 Å². The standard InChI is InChI=1S/C16H14N6/c1-11-8-12(2)22-16(20-11)14(10-19-22)15-18-6-7-21(15)13-4-3-5-17-9-13/h3-10H,1-2H3. The maximum absolute atomic E-state index is 4.62. The summed E-state index contributed by atoms with van der Waals surface area (Å²) < 4.78 is 3.83. The molecule has 0 N–H and O–H groups in total. The zero-order valence-corrected chi connectivity index (χ0v) is 12.3. The van der Waals surface area contributed by atoms with Crippen LogP contribution in [0.3, 0.4) is 0 Å². The summed E-state index contributed by atoms with van der Waals surface area (Å²) in [6.45, 7) is 4.00. The maximum atomic E-state index is 4.62. The topological polar surface area (TPSA) is 60.9 Å². The SMILES string of the molecule is Cc1cc(C)n2ncc(-c3nccn3-c3cccnc3)c2n1. The highest BCUT2D eigenvalue weighted by atomic mass is 15.3. The van der Waals surface area contributed by atoms with Crippen LogP contribution in [0, 0.1) is 13.8 Å². The molecule has 6 nitrogen and oxygen atoms in total. The normalized spacial score (nSPS) is 11.2. The molecule has 0 aliphatic heterocycles. The van der Waals surface area contributed by atoms with Gasteiger partial charge in [-0.05, 0) is 32.0 Å². The minimum Gasteiger partial charge on any atom is -0.298 e. The molecule has 22 heavy (non-hydrogen) atoms. The molecule has 4 aromatic rings. The van der Waals surface area contributed by atoms with Gasteiger partial charge in [0.15, 0.2) is 5.65 Å². The molecule has 0 saturated heterocycles. The van der Waals surface area contributed by atoms with Crippen molar-refractivity contribution in [3.63, 3.8) is 0 Å². The Bertz CT molecular complexity index is 951. The first-order valence-electron chi connectivity index (χ1n) is 7.00. The molecule has 4 rings (SSSR count). The van der Waals surface area contributed by atoms with Gasteiger partial charge >= 0.3 is 0 Å². The van der Waals surface area contributed by atoms with E-state index in [1.54, 1.807) is 18.6 Å². The molecule has 0 saturated carbocycles. The second-order valence-corrected chi connectivity index (χ2v) is 5.16. The van der Waals surface area contributed by atoms with Crippen molar-refractivity contribution < 1.29 is 0 Å². The largest absolute Gasteiger partial charge is 0.298 e. The first-order valence-corrected chi connectivity index (χ1v) is 7.00. The molecule has 0 aromatic carbocycles. The molecule has 6 heteroatoms. The third-order valence-corrected chi connectivity index (χ3v) is 3.58. The third-order valence-electron chi connectivity index (χ3n) is 3.58. The zero-order chi connectivity index (χ0) is 15.1. The Balaban J connectivity index is 1.96. The van der Waals surface area contributed by atoms with Gasteiger partial charge in [0.2, 0.25) is 0 Å². The Hall–Kier alpha value is -3.02. The van der Waals surface area contributed by atoms with E-state index in [0.29, 0.717) is 0 Å². The van der Waals surface area contributed by atoms with Crippen LogP contribution in [-0.2, 0) is 0 Å². The zero-order valence-electron chi connectivity index (χ0n) is 12.3. The molecule has 0 fully saturated rings. The molecule has 0 aliphatic rings. The third kappa shape index (κ3) is 1.88. The highest BCUT2D eigenvalue weighted by Gasteiger charge is 2.15. The summed E-state index contributed by atoms with van der Waals surface area (Å²) in [6.07, 6.45) is 9.06. The van der Waals surface area contributed by atoms with Gasteiger partial charge in [-0.3, -0.25) is 9.55 Å². The summed E-state index contributed by atoms with van der Waals surface area (Å²) in [6, 6.07) is 5.91. The van der Waals surface area contributed by atoms with Gasteiger partial charge in [0.05, 0.1) is 23.6 Å². The van der Waals surface area contributed by atoms with Crippen molar-refractivity contribution in [3.05, 3.63) is 60.6 Å². The van der Waals surface area contributed by atoms with E-state index in [2.05, 4.69) is 20.1 Å². The van der Waals surface area contributed by atoms with Gasteiger partial charge in [0.1, 0.15) is 5.82 Å². The summed E-state index contributed by atoms with van der Waals surface area (Å²) >= 11 is 0. The van der Waals surface area contributed by atoms with E-state index in [-0.39, 0.29) is 0 Å². The summed E-state index contributed by atoms with van der Waals surface area (Å²) in [7, 11) is 0. The first-order chi connectivity index (χ1) is 10.7. The van der Waals surface area contributed by atoms with Gasteiger partial charge in [0.25, 0.3) is 0 Å². The lowest BCUT2D eigenvalue weighted by Crippen LogP contribution is -1.99. The Morgan fingerprint density at radius 2 is 2.00 bits per heavy atom. The molecular formula is C16H14N6. The molecule has 0 aliphatic carbocycles. The van der Waals surface area contributed by atoms with Crippen molar-refractivity contribution in [1.29, 1.82) is 0 Å². The van der Waals surface area contributed by atoms with Crippen molar-refractivity contribution in [2.75, 3.05) is 0 Å². The predicted octanol–water partition coefficient (Wildman–Crippen LogP) is 2.59. The summed E-state index contributed by atoms with van der Waals surface area (Å²) in [4.78, 5) is 13.3. The summed E-state index contributed by atoms with van der Waals surface area (Å²) in [5.41, 5.74) is 4.69. The van der Waals surface area contributed by atoms with Crippen LogP contribution < -0.4 is 0 Å². The number of hydrogen-bond donors (Lipinski definition) is 0. The second kappa shape index (κ2) is 4.77. The fraction of sp³-hybridized carbons (Fsp3) is 0.125. The fourth-order valence-corrected chi connectivity index (χ4v) is 2.64. The van der Waals surface area contributed by atoms with E-state index in [0.717, 1.165) is 34.1 Å². The van der Waals surface area contributed by atoms with Crippen LogP contribution >= 0.6 is 0 Å². The number of hydrogen-bond acceptors (Lipinski definition) is 4. The van der Waals surface area contributed by atoms with Crippen LogP contribution in [0.1, 0.15) is 11.4 Å². The van der Waals surface area contributed by atoms with E-state index >= 15 is 0 Å². The quantitative estimate of drug-likeness (QED) is 0.569. The van der Waals surface area contributed by atoms with E-state index in [4.69, 9.17) is 0 Å². The van der Waals surface area contributed by atoms with Crippen molar-refractivity contribution in [2.24, 2.45) is 0 Å². The Kier molecular flexibility index (Phi) is 2.75. The van der Waals surface area contributed by atoms with Gasteiger partial charge in [-0.25, -0.2) is 14.5 Å². The van der Waals surface area contributed by atoms with E-state index in [1.807, 2.05) is 53.5 Å². The molecule has 4 heterocycles. The lowest BCUT2D eigenvalue weighted by molar-refractivity contribution is 0.886. The van der Waals surface area contributed by atoms with Gasteiger partial charge in [0, 0.05) is 30.0 Å². The minimum absolute atomic E-state index is 0.806. The number of aryl methyl sites for hydroxylation is 2. The number of aromatic nitrogens is 6. The molecule has 0 unspecified atom stereocenters. The monoisotopic (exact) mass is 290 g/mol. The average Bonchev–Trinajstić information content (AvgIpc) is 3.14. The number of fused-ring (bicyclic) bond motifs is 1. The molecule has 0 spiro atoms. The van der Waals surface area contributed by atoms with Gasteiger partial charge in [-0.1, -0.05) is 0 Å². The molecule has 0 bridgehead atoms. The van der Waals surface area contributed by atoms with E-state index < -0.39 is 0 Å². The lowest BCUT2D eigenvalue weighted by atomic mass is 10.3. The minimum atomic E-state index is 0.806. The van der Waals surface area contributed by atoms with Crippen LogP contribution in [0.4, 0.5) is 0 Å². The second-order valence-electron chi connectivity index (χ2n) is 5.16. The van der Waals surface area contributed by atoms with Gasteiger partial charge in [-0.15, -0.1) is 0 Å². The maximum Gasteiger partial charge on any atom is 0.166 e. The van der Waals surface area contributed by atoms with Crippen molar-refractivity contribution in [2.45, 2.75) is 13.8 Å². The molecule has 4 aromatic heterocycles. The highest BCUT2D eigenvalue weighted by molar-refractivity contribution is 5.73. The predicted molar refractivity (Wildman–Crippen MR) is 82.8 cm³/mol. The Morgan fingerprint density at radius 3 is 2.82 bits per heavy atom. The van der Waals surface area contributed by atoms with Crippen LogP contribution in [-0.4, -0.2) is 29.1 Å². The van der Waals surface area contributed by atoms with Crippen LogP contribution in [0.25, 0.3) is 22.7 Å². The van der Waals surface area contributed by atoms with Gasteiger partial charge < -0.3 is 0 Å². The van der Waals surface area contributed by atoms with Crippen molar-refractivity contribution >= 4 is 5.65 Å². The lowest BCUT2D eigenvalue weighted by Gasteiger charge is -2.06. The summed E-state index contributed by atoms with van der Waals surface area (Å²) in [5.74, 6) is 0.806. The molecule has 108 valence electrons. The summed E-state index contributed by atoms with van der Waals surface area (Å²) in [5, 5.41) is 4.44. The first kappa shape index (κ1) is 12.7. The number of nitrogens with zero attached hydrogens (tertiary/aromatic N) is 6. The number of rotatable bonds is 2. The van der Waals surface area contributed by atoms with Crippen LogP contribution in [0.15, 0.2) is 49.2 Å². The van der Waals surface area contributed by atoms with Crippen LogP contribution in [0.2, 0.25) is 0 Å². The molecule has 0 amide bonds. The number of pyridine rings is 1. The van der Waals surface area contributed by atoms with E-state index in [9.17, 15) is 0 Å². The Morgan fingerprint density at radius 1 is 1.09 bits per heavy atom. The average molecular weight is 290 g/mol. The number of imidazole rings is 1. The van der Waals surface area contributed by atoms with Crippen molar-refractivity contribution in [1.82, 2.24) is 29.1 Å². The van der Waals surface area contributed by atoms with Crippen molar-refractivity contribution in [3.8, 4) is 17.1 Å². The fourth-order valence-electron chi connectivity index (χ4n) is 2.64.